The molecule has 0 radical (unpaired) electrons. The zero-order valence-electron chi connectivity index (χ0n) is 23.8. The molecule has 5 N–H and O–H groups in total. The number of carbonyl (C=O) groups is 2. The van der Waals surface area contributed by atoms with Crippen LogP contribution in [0.1, 0.15) is 93.9 Å². The van der Waals surface area contributed by atoms with Crippen LogP contribution in [-0.4, -0.2) is 66.6 Å². The van der Waals surface area contributed by atoms with E-state index in [-0.39, 0.29) is 36.9 Å². The molecule has 10 atom stereocenters. The molecule has 0 bridgehead atoms. The fourth-order valence-corrected chi connectivity index (χ4v) is 9.40. The molecule has 0 heterocycles. The third-order valence-corrected chi connectivity index (χ3v) is 11.8. The molecule has 0 spiro atoms. The normalized spacial score (nSPS) is 46.8. The average Bonchev–Trinajstić information content (AvgIpc) is 2.96. The molecule has 7 nitrogen and oxygen atoms in total. The van der Waals surface area contributed by atoms with Crippen LogP contribution in [0.2, 0.25) is 0 Å². The molecule has 7 heteroatoms. The molecule has 4 rings (SSSR count). The monoisotopic (exact) mass is 520 g/mol. The van der Waals surface area contributed by atoms with E-state index in [9.17, 15) is 35.1 Å². The van der Waals surface area contributed by atoms with Gasteiger partial charge in [-0.3, -0.25) is 9.59 Å². The van der Waals surface area contributed by atoms with Crippen LogP contribution in [0.15, 0.2) is 11.6 Å². The summed E-state index contributed by atoms with van der Waals surface area (Å²) in [7, 11) is 0. The minimum absolute atomic E-state index is 0.0227. The summed E-state index contributed by atoms with van der Waals surface area (Å²) in [5, 5.41) is 54.8. The average molecular weight is 521 g/mol. The smallest absolute Gasteiger partial charge is 0.164 e. The summed E-state index contributed by atoms with van der Waals surface area (Å²) in [5.74, 6) is -1.60. The van der Waals surface area contributed by atoms with E-state index in [0.29, 0.717) is 19.3 Å². The van der Waals surface area contributed by atoms with E-state index in [2.05, 4.69) is 13.0 Å². The Morgan fingerprint density at radius 3 is 2.16 bits per heavy atom. The quantitative estimate of drug-likeness (QED) is 0.352. The van der Waals surface area contributed by atoms with Crippen molar-refractivity contribution in [2.24, 2.45) is 39.4 Å². The van der Waals surface area contributed by atoms with E-state index < -0.39 is 62.9 Å². The van der Waals surface area contributed by atoms with Gasteiger partial charge in [0, 0.05) is 29.6 Å². The fraction of sp³-hybridized carbons (Fsp3) is 0.867. The van der Waals surface area contributed by atoms with Crippen molar-refractivity contribution < 1.29 is 35.1 Å². The highest BCUT2D eigenvalue weighted by Gasteiger charge is 2.74. The summed E-state index contributed by atoms with van der Waals surface area (Å²) in [5.41, 5.74) is -4.71. The van der Waals surface area contributed by atoms with Gasteiger partial charge in [-0.05, 0) is 69.1 Å². The predicted molar refractivity (Wildman–Crippen MR) is 139 cm³/mol. The van der Waals surface area contributed by atoms with Crippen molar-refractivity contribution >= 4 is 11.6 Å². The molecule has 3 saturated carbocycles. The molecule has 0 unspecified atom stereocenters. The number of rotatable bonds is 5. The van der Waals surface area contributed by atoms with Gasteiger partial charge in [0.25, 0.3) is 0 Å². The minimum Gasteiger partial charge on any atom is -0.393 e. The van der Waals surface area contributed by atoms with Crippen LogP contribution in [0.25, 0.3) is 0 Å². The maximum atomic E-state index is 14.2. The zero-order chi connectivity index (χ0) is 28.1. The Morgan fingerprint density at radius 2 is 1.59 bits per heavy atom. The number of hydrogen-bond donors (Lipinski definition) is 5. The largest absolute Gasteiger partial charge is 0.393 e. The number of aliphatic hydroxyl groups is 5. The van der Waals surface area contributed by atoms with E-state index >= 15 is 0 Å². The summed E-state index contributed by atoms with van der Waals surface area (Å²) >= 11 is 0. The molecule has 4 aliphatic carbocycles. The molecule has 0 amide bonds. The first kappa shape index (κ1) is 28.9. The lowest BCUT2D eigenvalue weighted by Crippen LogP contribution is -2.65. The lowest BCUT2D eigenvalue weighted by molar-refractivity contribution is -0.188. The topological polar surface area (TPSA) is 135 Å². The Morgan fingerprint density at radius 1 is 1.00 bits per heavy atom. The van der Waals surface area contributed by atoms with Crippen molar-refractivity contribution in [2.45, 2.75) is 123 Å². The number of fused-ring (bicyclic) bond motifs is 5. The first-order chi connectivity index (χ1) is 16.7. The van der Waals surface area contributed by atoms with Crippen molar-refractivity contribution in [3.8, 4) is 0 Å². The molecule has 3 fully saturated rings. The predicted octanol–water partition coefficient (Wildman–Crippen LogP) is 2.94. The first-order valence-electron chi connectivity index (χ1n) is 13.9. The molecule has 0 aromatic heterocycles. The van der Waals surface area contributed by atoms with E-state index in [4.69, 9.17) is 0 Å². The molecule has 37 heavy (non-hydrogen) atoms. The van der Waals surface area contributed by atoms with Crippen molar-refractivity contribution in [1.82, 2.24) is 0 Å². The van der Waals surface area contributed by atoms with Crippen LogP contribution in [-0.2, 0) is 9.59 Å². The molecular weight excluding hydrogens is 472 g/mol. The number of Topliss-reactive ketones (excluding diaryl/α,β-unsaturated/α-hetero) is 2. The highest BCUT2D eigenvalue weighted by Crippen LogP contribution is 2.74. The Bertz CT molecular complexity index is 1010. The number of allylic oxidation sites excluding steroid dienone is 1. The summed E-state index contributed by atoms with van der Waals surface area (Å²) in [6.45, 7) is 14.6. The van der Waals surface area contributed by atoms with Crippen molar-refractivity contribution in [1.29, 1.82) is 0 Å². The second-order valence-corrected chi connectivity index (χ2v) is 14.8. The van der Waals surface area contributed by atoms with Gasteiger partial charge in [0.15, 0.2) is 5.78 Å². The Labute approximate surface area is 221 Å². The number of carbonyl (C=O) groups excluding carboxylic acids is 2. The van der Waals surface area contributed by atoms with Gasteiger partial charge in [0.05, 0.1) is 23.9 Å². The van der Waals surface area contributed by atoms with Gasteiger partial charge in [-0.15, -0.1) is 0 Å². The van der Waals surface area contributed by atoms with Crippen LogP contribution in [0.5, 0.6) is 0 Å². The van der Waals surface area contributed by atoms with Gasteiger partial charge >= 0.3 is 0 Å². The Hall–Kier alpha value is -1.12. The van der Waals surface area contributed by atoms with Crippen molar-refractivity contribution in [3.63, 3.8) is 0 Å². The van der Waals surface area contributed by atoms with Crippen LogP contribution >= 0.6 is 0 Å². The van der Waals surface area contributed by atoms with Crippen LogP contribution in [0, 0.1) is 39.4 Å². The van der Waals surface area contributed by atoms with Crippen LogP contribution < -0.4 is 0 Å². The van der Waals surface area contributed by atoms with Gasteiger partial charge in [-0.1, -0.05) is 46.3 Å². The maximum Gasteiger partial charge on any atom is 0.164 e. The molecule has 0 aromatic rings. The third-order valence-electron chi connectivity index (χ3n) is 11.8. The SMILES string of the molecule is CC(C)(O)CCC(=O)[C@](C)(O)[C@H]1[C@H](O)C[C@@]2(C)[C@H]3CC=C4[C@@H](C[C@H](O)[C@@H](O)C4(C)C)[C@]3(C)C(=O)C[C@]12C. The summed E-state index contributed by atoms with van der Waals surface area (Å²) < 4.78 is 0. The summed E-state index contributed by atoms with van der Waals surface area (Å²) in [4.78, 5) is 27.5. The molecule has 4 aliphatic rings. The van der Waals surface area contributed by atoms with Crippen molar-refractivity contribution in [3.05, 3.63) is 11.6 Å². The highest BCUT2D eigenvalue weighted by molar-refractivity contribution is 5.90. The van der Waals surface area contributed by atoms with Gasteiger partial charge in [0.2, 0.25) is 0 Å². The van der Waals surface area contributed by atoms with E-state index in [0.717, 1.165) is 5.57 Å². The van der Waals surface area contributed by atoms with Gasteiger partial charge in [0.1, 0.15) is 11.4 Å². The standard InChI is InChI=1S/C30H48O7/c1-25(2,36)12-11-21(33)30(8,37)23-19(32)14-27(5)20-10-9-16-17(13-18(31)24(35)26(16,3)4)29(20,7)22(34)15-28(23,27)6/h9,17-20,23-24,31-32,35-37H,10-15H2,1-8H3/t17-,18+,19-,20-,23+,24-,27+,28-,29+,30+/m1/s1. The second-order valence-electron chi connectivity index (χ2n) is 14.8. The summed E-state index contributed by atoms with van der Waals surface area (Å²) in [6.07, 6.45) is 0.895. The van der Waals surface area contributed by atoms with E-state index in [1.807, 2.05) is 27.7 Å². The summed E-state index contributed by atoms with van der Waals surface area (Å²) in [6, 6.07) is 0. The number of hydrogen-bond acceptors (Lipinski definition) is 7. The molecular formula is C30H48O7. The van der Waals surface area contributed by atoms with Gasteiger partial charge < -0.3 is 25.5 Å². The first-order valence-corrected chi connectivity index (χ1v) is 13.9. The number of ketones is 2. The minimum atomic E-state index is -1.85. The van der Waals surface area contributed by atoms with Crippen molar-refractivity contribution in [2.75, 3.05) is 0 Å². The molecule has 0 aliphatic heterocycles. The number of aliphatic hydroxyl groups excluding tert-OH is 3. The second kappa shape index (κ2) is 8.44. The maximum absolute atomic E-state index is 14.2. The fourth-order valence-electron chi connectivity index (χ4n) is 9.40. The lowest BCUT2D eigenvalue weighted by Gasteiger charge is -2.65. The Balaban J connectivity index is 1.76. The van der Waals surface area contributed by atoms with Gasteiger partial charge in [-0.2, -0.15) is 0 Å². The lowest BCUT2D eigenvalue weighted by atomic mass is 9.38. The van der Waals surface area contributed by atoms with E-state index in [1.54, 1.807) is 13.8 Å². The zero-order valence-corrected chi connectivity index (χ0v) is 23.8. The Kier molecular flexibility index (Phi) is 6.59. The van der Waals surface area contributed by atoms with E-state index in [1.165, 1.54) is 6.92 Å². The van der Waals surface area contributed by atoms with Gasteiger partial charge in [-0.25, -0.2) is 0 Å². The molecule has 0 aromatic carbocycles. The molecule has 0 saturated heterocycles. The van der Waals surface area contributed by atoms with Crippen LogP contribution in [0.3, 0.4) is 0 Å². The molecule has 210 valence electrons. The van der Waals surface area contributed by atoms with Crippen LogP contribution in [0.4, 0.5) is 0 Å². The highest BCUT2D eigenvalue weighted by atomic mass is 16.3. The third kappa shape index (κ3) is 3.86.